The second-order valence-corrected chi connectivity index (χ2v) is 5.08. The van der Waals surface area contributed by atoms with Gasteiger partial charge in [0.2, 0.25) is 11.4 Å². The molecular weight excluding hydrogens is 266 g/mol. The number of ketones is 1. The van der Waals surface area contributed by atoms with Crippen LogP contribution < -0.4 is 5.32 Å². The lowest BCUT2D eigenvalue weighted by atomic mass is 9.94. The van der Waals surface area contributed by atoms with Crippen LogP contribution in [0.15, 0.2) is 54.6 Å². The van der Waals surface area contributed by atoms with Crippen molar-refractivity contribution in [2.24, 2.45) is 0 Å². The number of anilines is 1. The van der Waals surface area contributed by atoms with Crippen LogP contribution in [0.5, 0.6) is 0 Å². The molecule has 1 aliphatic heterocycles. The second-order valence-electron chi connectivity index (χ2n) is 5.08. The molecule has 4 nitrogen and oxygen atoms in total. The molecule has 1 saturated heterocycles. The van der Waals surface area contributed by atoms with Crippen molar-refractivity contribution in [2.45, 2.75) is 12.5 Å². The molecule has 1 N–H and O–H groups in total. The normalized spacial score (nSPS) is 19.9. The molecule has 1 aliphatic rings. The van der Waals surface area contributed by atoms with Gasteiger partial charge in [-0.15, -0.1) is 0 Å². The molecule has 2 aromatic rings. The highest BCUT2D eigenvalue weighted by atomic mass is 16.6. The van der Waals surface area contributed by atoms with Gasteiger partial charge in [-0.2, -0.15) is 0 Å². The van der Waals surface area contributed by atoms with Crippen molar-refractivity contribution in [3.8, 4) is 0 Å². The summed E-state index contributed by atoms with van der Waals surface area (Å²) < 4.78 is 5.24. The number of carbonyl (C=O) groups excluding carboxylic acids is 2. The molecule has 1 heterocycles. The van der Waals surface area contributed by atoms with Crippen LogP contribution in [0.2, 0.25) is 0 Å². The second kappa shape index (κ2) is 5.14. The SMILES string of the molecule is Cc1ccccc1C(=O)C1(C(=O)Nc2ccccc2)CO1. The van der Waals surface area contributed by atoms with Crippen LogP contribution in [0, 0.1) is 6.92 Å². The smallest absolute Gasteiger partial charge is 0.267 e. The third-order valence-electron chi connectivity index (χ3n) is 3.59. The quantitative estimate of drug-likeness (QED) is 0.532. The van der Waals surface area contributed by atoms with E-state index in [4.69, 9.17) is 4.74 Å². The molecule has 0 radical (unpaired) electrons. The Bertz CT molecular complexity index is 690. The van der Waals surface area contributed by atoms with Gasteiger partial charge < -0.3 is 10.1 Å². The molecule has 1 fully saturated rings. The predicted molar refractivity (Wildman–Crippen MR) is 79.3 cm³/mol. The van der Waals surface area contributed by atoms with Gasteiger partial charge in [-0.25, -0.2) is 0 Å². The number of para-hydroxylation sites is 1. The first-order valence-corrected chi connectivity index (χ1v) is 6.74. The number of ether oxygens (including phenoxy) is 1. The summed E-state index contributed by atoms with van der Waals surface area (Å²) in [5.41, 5.74) is 0.639. The van der Waals surface area contributed by atoms with Gasteiger partial charge in [0.15, 0.2) is 0 Å². The van der Waals surface area contributed by atoms with E-state index in [1.165, 1.54) is 0 Å². The molecule has 1 unspecified atom stereocenters. The monoisotopic (exact) mass is 281 g/mol. The van der Waals surface area contributed by atoms with Gasteiger partial charge in [0.25, 0.3) is 5.91 Å². The largest absolute Gasteiger partial charge is 0.351 e. The van der Waals surface area contributed by atoms with Crippen molar-refractivity contribution >= 4 is 17.4 Å². The first kappa shape index (κ1) is 13.5. The number of amides is 1. The Labute approximate surface area is 122 Å². The van der Waals surface area contributed by atoms with Gasteiger partial charge in [-0.05, 0) is 24.6 Å². The van der Waals surface area contributed by atoms with E-state index in [0.29, 0.717) is 11.3 Å². The predicted octanol–water partition coefficient (Wildman–Crippen LogP) is 2.59. The molecule has 4 heteroatoms. The van der Waals surface area contributed by atoms with Crippen molar-refractivity contribution in [1.82, 2.24) is 0 Å². The Balaban J connectivity index is 1.83. The molecule has 1 amide bonds. The van der Waals surface area contributed by atoms with Crippen LogP contribution in [0.4, 0.5) is 5.69 Å². The lowest BCUT2D eigenvalue weighted by Gasteiger charge is -2.13. The number of carbonyl (C=O) groups is 2. The molecule has 21 heavy (non-hydrogen) atoms. The van der Waals surface area contributed by atoms with Gasteiger partial charge in [0.05, 0.1) is 6.61 Å². The van der Waals surface area contributed by atoms with Crippen molar-refractivity contribution in [2.75, 3.05) is 11.9 Å². The zero-order valence-electron chi connectivity index (χ0n) is 11.6. The molecule has 0 bridgehead atoms. The van der Waals surface area contributed by atoms with E-state index in [1.54, 1.807) is 24.3 Å². The summed E-state index contributed by atoms with van der Waals surface area (Å²) in [6, 6.07) is 16.2. The number of Topliss-reactive ketones (excluding diaryl/α,β-unsaturated/α-hetero) is 1. The Morgan fingerprint density at radius 1 is 1.05 bits per heavy atom. The molecule has 1 atom stereocenters. The van der Waals surface area contributed by atoms with Crippen LogP contribution >= 0.6 is 0 Å². The average Bonchev–Trinajstić information content (AvgIpc) is 3.30. The van der Waals surface area contributed by atoms with Crippen LogP contribution in [-0.2, 0) is 9.53 Å². The van der Waals surface area contributed by atoms with Crippen molar-refractivity contribution < 1.29 is 14.3 Å². The Kier molecular flexibility index (Phi) is 3.31. The number of hydrogen-bond acceptors (Lipinski definition) is 3. The van der Waals surface area contributed by atoms with Crippen molar-refractivity contribution in [3.05, 3.63) is 65.7 Å². The summed E-state index contributed by atoms with van der Waals surface area (Å²) in [5.74, 6) is -0.698. The van der Waals surface area contributed by atoms with Gasteiger partial charge in [0.1, 0.15) is 0 Å². The van der Waals surface area contributed by atoms with Crippen molar-refractivity contribution in [1.29, 1.82) is 0 Å². The summed E-state index contributed by atoms with van der Waals surface area (Å²) in [4.78, 5) is 25.0. The van der Waals surface area contributed by atoms with Gasteiger partial charge in [-0.3, -0.25) is 9.59 Å². The highest BCUT2D eigenvalue weighted by Gasteiger charge is 2.59. The fourth-order valence-electron chi connectivity index (χ4n) is 2.24. The third-order valence-corrected chi connectivity index (χ3v) is 3.59. The molecule has 0 saturated carbocycles. The Morgan fingerprint density at radius 2 is 1.67 bits per heavy atom. The topological polar surface area (TPSA) is 58.7 Å². The number of aryl methyl sites for hydroxylation is 1. The number of rotatable bonds is 4. The zero-order chi connectivity index (χ0) is 14.9. The van der Waals surface area contributed by atoms with E-state index in [0.717, 1.165) is 5.56 Å². The van der Waals surface area contributed by atoms with Gasteiger partial charge in [0, 0.05) is 11.3 Å². The molecule has 3 rings (SSSR count). The maximum atomic E-state index is 12.6. The minimum atomic E-state index is -1.37. The number of benzene rings is 2. The van der Waals surface area contributed by atoms with Gasteiger partial charge >= 0.3 is 0 Å². The lowest BCUT2D eigenvalue weighted by molar-refractivity contribution is -0.119. The summed E-state index contributed by atoms with van der Waals surface area (Å²) in [6.45, 7) is 1.97. The fourth-order valence-corrected chi connectivity index (χ4v) is 2.24. The Hall–Kier alpha value is -2.46. The zero-order valence-corrected chi connectivity index (χ0v) is 11.6. The van der Waals surface area contributed by atoms with Crippen LogP contribution in [0.1, 0.15) is 15.9 Å². The van der Waals surface area contributed by atoms with E-state index in [9.17, 15) is 9.59 Å². The van der Waals surface area contributed by atoms with Crippen LogP contribution in [0.25, 0.3) is 0 Å². The van der Waals surface area contributed by atoms with E-state index in [1.807, 2.05) is 37.3 Å². The van der Waals surface area contributed by atoms with E-state index >= 15 is 0 Å². The highest BCUT2D eigenvalue weighted by molar-refractivity contribution is 6.22. The number of hydrogen-bond donors (Lipinski definition) is 1. The summed E-state index contributed by atoms with van der Waals surface area (Å²) in [7, 11) is 0. The van der Waals surface area contributed by atoms with E-state index < -0.39 is 11.5 Å². The lowest BCUT2D eigenvalue weighted by Crippen LogP contribution is -2.39. The number of nitrogens with one attached hydrogen (secondary N) is 1. The summed E-state index contributed by atoms with van der Waals surface area (Å²) >= 11 is 0. The Morgan fingerprint density at radius 3 is 2.29 bits per heavy atom. The van der Waals surface area contributed by atoms with Crippen molar-refractivity contribution in [3.63, 3.8) is 0 Å². The first-order valence-electron chi connectivity index (χ1n) is 6.74. The molecule has 106 valence electrons. The fraction of sp³-hybridized carbons (Fsp3) is 0.176. The molecule has 2 aromatic carbocycles. The minimum Gasteiger partial charge on any atom is -0.351 e. The van der Waals surface area contributed by atoms with E-state index in [-0.39, 0.29) is 12.4 Å². The average molecular weight is 281 g/mol. The molecule has 0 spiro atoms. The summed E-state index contributed by atoms with van der Waals surface area (Å²) in [5, 5.41) is 2.73. The third kappa shape index (κ3) is 2.45. The number of epoxide rings is 1. The van der Waals surface area contributed by atoms with Crippen LogP contribution in [0.3, 0.4) is 0 Å². The molecular formula is C17H15NO3. The first-order chi connectivity index (χ1) is 10.1. The van der Waals surface area contributed by atoms with Crippen LogP contribution in [-0.4, -0.2) is 23.9 Å². The highest BCUT2D eigenvalue weighted by Crippen LogP contribution is 2.33. The maximum absolute atomic E-state index is 12.6. The maximum Gasteiger partial charge on any atom is 0.267 e. The standard InChI is InChI=1S/C17H15NO3/c1-12-7-5-6-10-14(12)15(19)17(11-21-17)16(20)18-13-8-3-2-4-9-13/h2-10H,11H2,1H3,(H,18,20). The molecule has 0 aromatic heterocycles. The van der Waals surface area contributed by atoms with E-state index in [2.05, 4.69) is 5.32 Å². The molecule has 0 aliphatic carbocycles. The summed E-state index contributed by atoms with van der Waals surface area (Å²) in [6.07, 6.45) is 0. The minimum absolute atomic E-state index is 0.124. The van der Waals surface area contributed by atoms with Gasteiger partial charge in [-0.1, -0.05) is 42.5 Å².